The fourth-order valence-corrected chi connectivity index (χ4v) is 1.29. The van der Waals surface area contributed by atoms with Crippen LogP contribution >= 0.6 is 0 Å². The van der Waals surface area contributed by atoms with Crippen LogP contribution in [0.4, 0.5) is 8.78 Å². The Hall–Kier alpha value is -1.78. The van der Waals surface area contributed by atoms with E-state index < -0.39 is 17.5 Å². The molecule has 3 nitrogen and oxygen atoms in total. The fraction of sp³-hybridized carbons (Fsp3) is 0.333. The average Bonchev–Trinajstić information content (AvgIpc) is 2.30. The zero-order valence-corrected chi connectivity index (χ0v) is 9.28. The van der Waals surface area contributed by atoms with Crippen molar-refractivity contribution in [3.05, 3.63) is 35.4 Å². The number of carbonyl (C=O) groups is 2. The molecule has 0 spiro atoms. The molecule has 0 aliphatic carbocycles. The quantitative estimate of drug-likeness (QED) is 0.586. The SMILES string of the molecule is CCOC(=O)C(F)(F)c1ccc(CC=O)cc1. The number of carbonyl (C=O) groups excluding carboxylic acids is 2. The third kappa shape index (κ3) is 3.09. The summed E-state index contributed by atoms with van der Waals surface area (Å²) in [6, 6.07) is 5.01. The maximum Gasteiger partial charge on any atom is 0.381 e. The van der Waals surface area contributed by atoms with Crippen molar-refractivity contribution in [3.8, 4) is 0 Å². The van der Waals surface area contributed by atoms with E-state index in [1.54, 1.807) is 0 Å². The standard InChI is InChI=1S/C12H12F2O3/c1-2-17-11(16)12(13,14)10-5-3-9(4-6-10)7-8-15/h3-6,8H,2,7H2,1H3. The lowest BCUT2D eigenvalue weighted by atomic mass is 10.1. The van der Waals surface area contributed by atoms with Crippen LogP contribution in [0.1, 0.15) is 18.1 Å². The number of rotatable bonds is 5. The van der Waals surface area contributed by atoms with Gasteiger partial charge in [-0.2, -0.15) is 8.78 Å². The van der Waals surface area contributed by atoms with E-state index in [0.717, 1.165) is 12.1 Å². The van der Waals surface area contributed by atoms with E-state index in [2.05, 4.69) is 4.74 Å². The number of hydrogen-bond acceptors (Lipinski definition) is 3. The second-order valence-electron chi connectivity index (χ2n) is 3.36. The summed E-state index contributed by atoms with van der Waals surface area (Å²) in [6.45, 7) is 1.36. The first-order valence-corrected chi connectivity index (χ1v) is 5.10. The van der Waals surface area contributed by atoms with Crippen molar-refractivity contribution in [1.29, 1.82) is 0 Å². The number of ether oxygens (including phenoxy) is 1. The van der Waals surface area contributed by atoms with Crippen LogP contribution in [0, 0.1) is 0 Å². The Morgan fingerprint density at radius 2 is 1.94 bits per heavy atom. The van der Waals surface area contributed by atoms with Crippen LogP contribution in [0.25, 0.3) is 0 Å². The highest BCUT2D eigenvalue weighted by Gasteiger charge is 2.42. The number of halogens is 2. The van der Waals surface area contributed by atoms with Gasteiger partial charge in [-0.05, 0) is 12.5 Å². The van der Waals surface area contributed by atoms with Crippen LogP contribution < -0.4 is 0 Å². The summed E-state index contributed by atoms with van der Waals surface area (Å²) in [7, 11) is 0. The van der Waals surface area contributed by atoms with Crippen molar-refractivity contribution in [1.82, 2.24) is 0 Å². The van der Waals surface area contributed by atoms with E-state index in [0.29, 0.717) is 11.8 Å². The van der Waals surface area contributed by atoms with Gasteiger partial charge in [0, 0.05) is 12.0 Å². The van der Waals surface area contributed by atoms with Crippen molar-refractivity contribution in [2.45, 2.75) is 19.3 Å². The second kappa shape index (κ2) is 5.52. The van der Waals surface area contributed by atoms with Crippen LogP contribution in [0.2, 0.25) is 0 Å². The highest BCUT2D eigenvalue weighted by atomic mass is 19.3. The fourth-order valence-electron chi connectivity index (χ4n) is 1.29. The molecule has 0 amide bonds. The van der Waals surface area contributed by atoms with Crippen LogP contribution in [-0.2, 0) is 26.7 Å². The summed E-state index contributed by atoms with van der Waals surface area (Å²) in [5.74, 6) is -5.22. The minimum atomic E-state index is -3.66. The molecule has 0 bridgehead atoms. The first kappa shape index (κ1) is 13.3. The number of alkyl halides is 2. The van der Waals surface area contributed by atoms with Gasteiger partial charge in [-0.25, -0.2) is 4.79 Å². The molecule has 0 saturated carbocycles. The minimum Gasteiger partial charge on any atom is -0.461 e. The number of aldehydes is 1. The molecular weight excluding hydrogens is 230 g/mol. The van der Waals surface area contributed by atoms with E-state index >= 15 is 0 Å². The van der Waals surface area contributed by atoms with E-state index in [-0.39, 0.29) is 13.0 Å². The van der Waals surface area contributed by atoms with Gasteiger partial charge >= 0.3 is 11.9 Å². The number of benzene rings is 1. The van der Waals surface area contributed by atoms with Gasteiger partial charge in [0.25, 0.3) is 0 Å². The first-order valence-electron chi connectivity index (χ1n) is 5.10. The highest BCUT2D eigenvalue weighted by Crippen LogP contribution is 2.29. The Morgan fingerprint density at radius 3 is 2.41 bits per heavy atom. The molecule has 1 aromatic rings. The zero-order chi connectivity index (χ0) is 12.9. The molecule has 1 rings (SSSR count). The second-order valence-corrected chi connectivity index (χ2v) is 3.36. The van der Waals surface area contributed by atoms with Crippen LogP contribution in [0.3, 0.4) is 0 Å². The Kier molecular flexibility index (Phi) is 4.31. The molecule has 0 heterocycles. The van der Waals surface area contributed by atoms with E-state index in [1.807, 2.05) is 0 Å². The van der Waals surface area contributed by atoms with Gasteiger partial charge in [-0.15, -0.1) is 0 Å². The van der Waals surface area contributed by atoms with Gasteiger partial charge in [0.05, 0.1) is 6.61 Å². The monoisotopic (exact) mass is 242 g/mol. The summed E-state index contributed by atoms with van der Waals surface area (Å²) in [5, 5.41) is 0. The molecular formula is C12H12F2O3. The molecule has 5 heteroatoms. The third-order valence-electron chi connectivity index (χ3n) is 2.17. The van der Waals surface area contributed by atoms with Crippen molar-refractivity contribution < 1.29 is 23.1 Å². The summed E-state index contributed by atoms with van der Waals surface area (Å²) in [4.78, 5) is 21.3. The van der Waals surface area contributed by atoms with Gasteiger partial charge in [-0.3, -0.25) is 0 Å². The van der Waals surface area contributed by atoms with Gasteiger partial charge in [0.2, 0.25) is 0 Å². The lowest BCUT2D eigenvalue weighted by Gasteiger charge is -2.14. The highest BCUT2D eigenvalue weighted by molar-refractivity contribution is 5.79. The summed E-state index contributed by atoms with van der Waals surface area (Å²) in [5.41, 5.74) is 0.175. The zero-order valence-electron chi connectivity index (χ0n) is 9.28. The molecule has 1 aromatic carbocycles. The smallest absolute Gasteiger partial charge is 0.381 e. The molecule has 17 heavy (non-hydrogen) atoms. The molecule has 0 atom stereocenters. The van der Waals surface area contributed by atoms with Crippen LogP contribution in [-0.4, -0.2) is 18.9 Å². The molecule has 0 aromatic heterocycles. The topological polar surface area (TPSA) is 43.4 Å². The van der Waals surface area contributed by atoms with Crippen molar-refractivity contribution in [2.24, 2.45) is 0 Å². The summed E-state index contributed by atoms with van der Waals surface area (Å²) in [6.07, 6.45) is 0.837. The van der Waals surface area contributed by atoms with Crippen molar-refractivity contribution in [3.63, 3.8) is 0 Å². The third-order valence-corrected chi connectivity index (χ3v) is 2.17. The van der Waals surface area contributed by atoms with Gasteiger partial charge in [0.15, 0.2) is 0 Å². The molecule has 92 valence electrons. The van der Waals surface area contributed by atoms with Crippen molar-refractivity contribution >= 4 is 12.3 Å². The van der Waals surface area contributed by atoms with E-state index in [1.165, 1.54) is 19.1 Å². The summed E-state index contributed by atoms with van der Waals surface area (Å²) < 4.78 is 31.3. The molecule has 0 radical (unpaired) electrons. The lowest BCUT2D eigenvalue weighted by Crippen LogP contribution is -2.28. The van der Waals surface area contributed by atoms with Crippen molar-refractivity contribution in [2.75, 3.05) is 6.61 Å². The van der Waals surface area contributed by atoms with Gasteiger partial charge < -0.3 is 9.53 Å². The maximum absolute atomic E-state index is 13.5. The summed E-state index contributed by atoms with van der Waals surface area (Å²) >= 11 is 0. The predicted octanol–water partition coefficient (Wildman–Crippen LogP) is 2.08. The molecule has 0 aliphatic rings. The van der Waals surface area contributed by atoms with Crippen LogP contribution in [0.5, 0.6) is 0 Å². The largest absolute Gasteiger partial charge is 0.461 e. The van der Waals surface area contributed by atoms with E-state index in [4.69, 9.17) is 0 Å². The first-order chi connectivity index (χ1) is 8.02. The van der Waals surface area contributed by atoms with E-state index in [9.17, 15) is 18.4 Å². The number of esters is 1. The molecule has 0 unspecified atom stereocenters. The molecule has 0 aliphatic heterocycles. The average molecular weight is 242 g/mol. The Balaban J connectivity index is 2.91. The predicted molar refractivity (Wildman–Crippen MR) is 56.7 cm³/mol. The Labute approximate surface area is 97.4 Å². The normalized spacial score (nSPS) is 11.0. The Morgan fingerprint density at radius 1 is 1.35 bits per heavy atom. The molecule has 0 N–H and O–H groups in total. The maximum atomic E-state index is 13.5. The minimum absolute atomic E-state index is 0.0996. The molecule has 0 saturated heterocycles. The van der Waals surface area contributed by atoms with Crippen LogP contribution in [0.15, 0.2) is 24.3 Å². The lowest BCUT2D eigenvalue weighted by molar-refractivity contribution is -0.173. The Bertz CT molecular complexity index is 399. The van der Waals surface area contributed by atoms with Gasteiger partial charge in [-0.1, -0.05) is 24.3 Å². The number of hydrogen-bond donors (Lipinski definition) is 0. The van der Waals surface area contributed by atoms with Gasteiger partial charge in [0.1, 0.15) is 6.29 Å². The molecule has 0 fully saturated rings.